The van der Waals surface area contributed by atoms with Crippen LogP contribution in [0.4, 0.5) is 11.6 Å². The van der Waals surface area contributed by atoms with Crippen molar-refractivity contribution in [3.63, 3.8) is 0 Å². The maximum atomic E-state index is 5.27. The molecule has 0 radical (unpaired) electrons. The number of aryl methyl sites for hydroxylation is 1. The van der Waals surface area contributed by atoms with E-state index in [1.165, 1.54) is 28.1 Å². The summed E-state index contributed by atoms with van der Waals surface area (Å²) < 4.78 is 5.27. The predicted octanol–water partition coefficient (Wildman–Crippen LogP) is 3.68. The van der Waals surface area contributed by atoms with E-state index in [1.807, 2.05) is 12.1 Å². The van der Waals surface area contributed by atoms with E-state index in [1.54, 1.807) is 7.11 Å². The van der Waals surface area contributed by atoms with E-state index in [4.69, 9.17) is 14.7 Å². The second-order valence-corrected chi connectivity index (χ2v) is 8.76. The Morgan fingerprint density at radius 3 is 2.47 bits per heavy atom. The van der Waals surface area contributed by atoms with Crippen LogP contribution in [0, 0.1) is 6.92 Å². The van der Waals surface area contributed by atoms with Crippen molar-refractivity contribution in [3.05, 3.63) is 77.1 Å². The van der Waals surface area contributed by atoms with Gasteiger partial charge in [-0.05, 0) is 36.8 Å². The molecule has 32 heavy (non-hydrogen) atoms. The molecule has 6 nitrogen and oxygen atoms in total. The predicted molar refractivity (Wildman–Crippen MR) is 128 cm³/mol. The van der Waals surface area contributed by atoms with E-state index in [2.05, 4.69) is 64.2 Å². The van der Waals surface area contributed by atoms with E-state index >= 15 is 0 Å². The minimum absolute atomic E-state index is 0.880. The average Bonchev–Trinajstić information content (AvgIpc) is 2.84. The molecule has 0 bridgehead atoms. The Labute approximate surface area is 190 Å². The van der Waals surface area contributed by atoms with Gasteiger partial charge in [0.05, 0.1) is 12.8 Å². The van der Waals surface area contributed by atoms with E-state index in [0.717, 1.165) is 63.9 Å². The Kier molecular flexibility index (Phi) is 5.95. The van der Waals surface area contributed by atoms with Gasteiger partial charge in [0.1, 0.15) is 5.75 Å². The lowest BCUT2D eigenvalue weighted by Gasteiger charge is -2.36. The van der Waals surface area contributed by atoms with Crippen LogP contribution in [0.2, 0.25) is 0 Å². The van der Waals surface area contributed by atoms with Gasteiger partial charge in [-0.2, -0.15) is 0 Å². The molecule has 0 spiro atoms. The highest BCUT2D eigenvalue weighted by Crippen LogP contribution is 2.24. The molecule has 166 valence electrons. The van der Waals surface area contributed by atoms with Crippen LogP contribution in [0.25, 0.3) is 0 Å². The highest BCUT2D eigenvalue weighted by Gasteiger charge is 2.23. The summed E-state index contributed by atoms with van der Waals surface area (Å²) in [7, 11) is 1.70. The fourth-order valence-electron chi connectivity index (χ4n) is 4.68. The van der Waals surface area contributed by atoms with Crippen LogP contribution in [0.3, 0.4) is 0 Å². The highest BCUT2D eigenvalue weighted by atomic mass is 16.5. The van der Waals surface area contributed by atoms with Crippen molar-refractivity contribution in [1.29, 1.82) is 0 Å². The molecular weight excluding hydrogens is 398 g/mol. The smallest absolute Gasteiger partial charge is 0.225 e. The number of hydrogen-bond acceptors (Lipinski definition) is 6. The van der Waals surface area contributed by atoms with Crippen molar-refractivity contribution in [1.82, 2.24) is 14.9 Å². The Bertz CT molecular complexity index is 1060. The number of hydrogen-bond donors (Lipinski definition) is 0. The van der Waals surface area contributed by atoms with E-state index in [9.17, 15) is 0 Å². The molecule has 0 atom stereocenters. The Morgan fingerprint density at radius 2 is 1.72 bits per heavy atom. The van der Waals surface area contributed by atoms with Crippen molar-refractivity contribution in [3.8, 4) is 5.75 Å². The molecule has 0 amide bonds. The van der Waals surface area contributed by atoms with Gasteiger partial charge >= 0.3 is 0 Å². The molecule has 1 fully saturated rings. The summed E-state index contributed by atoms with van der Waals surface area (Å²) in [4.78, 5) is 16.9. The largest absolute Gasteiger partial charge is 0.497 e. The monoisotopic (exact) mass is 429 g/mol. The van der Waals surface area contributed by atoms with Crippen LogP contribution in [-0.2, 0) is 19.5 Å². The molecule has 2 aliphatic rings. The van der Waals surface area contributed by atoms with Crippen LogP contribution in [-0.4, -0.2) is 54.7 Å². The van der Waals surface area contributed by atoms with Crippen molar-refractivity contribution < 1.29 is 4.74 Å². The summed E-state index contributed by atoms with van der Waals surface area (Å²) in [5.74, 6) is 1.78. The maximum Gasteiger partial charge on any atom is 0.225 e. The molecule has 2 aliphatic heterocycles. The number of nitrogens with zero attached hydrogens (tertiary/aromatic N) is 5. The van der Waals surface area contributed by atoms with Gasteiger partial charge in [-0.1, -0.05) is 29.8 Å². The minimum atomic E-state index is 0.880. The normalized spacial score (nSPS) is 16.7. The van der Waals surface area contributed by atoms with Gasteiger partial charge in [0.25, 0.3) is 0 Å². The van der Waals surface area contributed by atoms with Crippen LogP contribution >= 0.6 is 0 Å². The molecule has 6 heteroatoms. The van der Waals surface area contributed by atoms with Gasteiger partial charge in [-0.15, -0.1) is 0 Å². The second kappa shape index (κ2) is 9.17. The topological polar surface area (TPSA) is 44.7 Å². The van der Waals surface area contributed by atoms with Gasteiger partial charge < -0.3 is 14.5 Å². The number of fused-ring (bicyclic) bond motifs is 1. The number of rotatable bonds is 5. The second-order valence-electron chi connectivity index (χ2n) is 8.76. The molecule has 0 N–H and O–H groups in total. The summed E-state index contributed by atoms with van der Waals surface area (Å²) in [6.45, 7) is 8.91. The lowest BCUT2D eigenvalue weighted by Crippen LogP contribution is -2.47. The number of aromatic nitrogens is 2. The molecule has 2 aromatic carbocycles. The number of ether oxygens (including phenoxy) is 1. The first kappa shape index (κ1) is 20.8. The Morgan fingerprint density at radius 1 is 0.938 bits per heavy atom. The number of piperazine rings is 1. The lowest BCUT2D eigenvalue weighted by molar-refractivity contribution is 0.243. The van der Waals surface area contributed by atoms with Crippen LogP contribution in [0.5, 0.6) is 5.75 Å². The van der Waals surface area contributed by atoms with Crippen LogP contribution < -0.4 is 14.5 Å². The Balaban J connectivity index is 1.20. The van der Waals surface area contributed by atoms with Gasteiger partial charge in [-0.25, -0.2) is 9.97 Å². The Hall–Kier alpha value is -3.12. The van der Waals surface area contributed by atoms with Crippen molar-refractivity contribution in [2.45, 2.75) is 26.4 Å². The number of anilines is 2. The maximum absolute atomic E-state index is 5.27. The first-order valence-corrected chi connectivity index (χ1v) is 11.4. The third-order valence-electron chi connectivity index (χ3n) is 6.49. The highest BCUT2D eigenvalue weighted by molar-refractivity contribution is 5.51. The summed E-state index contributed by atoms with van der Waals surface area (Å²) in [6, 6.07) is 17.1. The van der Waals surface area contributed by atoms with Gasteiger partial charge in [0.15, 0.2) is 0 Å². The summed E-state index contributed by atoms with van der Waals surface area (Å²) in [6.07, 6.45) is 3.04. The molecule has 3 heterocycles. The first-order valence-electron chi connectivity index (χ1n) is 11.4. The zero-order chi connectivity index (χ0) is 21.9. The van der Waals surface area contributed by atoms with Crippen LogP contribution in [0.1, 0.15) is 22.4 Å². The number of benzene rings is 2. The molecule has 5 rings (SSSR count). The van der Waals surface area contributed by atoms with Crippen molar-refractivity contribution in [2.24, 2.45) is 0 Å². The lowest BCUT2D eigenvalue weighted by atomic mass is 10.1. The minimum Gasteiger partial charge on any atom is -0.497 e. The molecule has 0 saturated carbocycles. The van der Waals surface area contributed by atoms with E-state index < -0.39 is 0 Å². The summed E-state index contributed by atoms with van der Waals surface area (Å²) >= 11 is 0. The van der Waals surface area contributed by atoms with Gasteiger partial charge in [0, 0.05) is 69.7 Å². The fourth-order valence-corrected chi connectivity index (χ4v) is 4.68. The van der Waals surface area contributed by atoms with Crippen LogP contribution in [0.15, 0.2) is 54.7 Å². The number of methoxy groups -OCH3 is 1. The SMILES string of the molecule is COc1ccc(N2CCN(c3ncc4c(n3)CCN(Cc3cccc(C)c3)C4)CC2)cc1. The average molecular weight is 430 g/mol. The summed E-state index contributed by atoms with van der Waals surface area (Å²) in [5.41, 5.74) is 6.42. The van der Waals surface area contributed by atoms with Gasteiger partial charge in [0.2, 0.25) is 5.95 Å². The zero-order valence-corrected chi connectivity index (χ0v) is 19.0. The first-order chi connectivity index (χ1) is 15.7. The third kappa shape index (κ3) is 4.55. The summed E-state index contributed by atoms with van der Waals surface area (Å²) in [5, 5.41) is 0. The fraction of sp³-hybridized carbons (Fsp3) is 0.385. The van der Waals surface area contributed by atoms with Crippen molar-refractivity contribution in [2.75, 3.05) is 49.6 Å². The third-order valence-corrected chi connectivity index (χ3v) is 6.49. The van der Waals surface area contributed by atoms with E-state index in [-0.39, 0.29) is 0 Å². The van der Waals surface area contributed by atoms with E-state index in [0.29, 0.717) is 0 Å². The molecule has 1 saturated heterocycles. The zero-order valence-electron chi connectivity index (χ0n) is 19.0. The molecule has 0 unspecified atom stereocenters. The molecular formula is C26H31N5O. The standard InChI is InChI=1S/C26H31N5O/c1-20-4-3-5-21(16-20)18-29-11-10-25-22(19-29)17-27-26(28-25)31-14-12-30(13-15-31)23-6-8-24(32-2)9-7-23/h3-9,16-17H,10-15,18-19H2,1-2H3. The molecule has 1 aromatic heterocycles. The van der Waals surface area contributed by atoms with Crippen molar-refractivity contribution >= 4 is 11.6 Å². The van der Waals surface area contributed by atoms with Gasteiger partial charge in [-0.3, -0.25) is 4.90 Å². The molecule has 0 aliphatic carbocycles. The molecule has 3 aromatic rings. The quantitative estimate of drug-likeness (QED) is 0.617.